The van der Waals surface area contributed by atoms with E-state index in [1.165, 1.54) is 0 Å². The van der Waals surface area contributed by atoms with Gasteiger partial charge in [0.1, 0.15) is 5.75 Å². The molecule has 1 amide bonds. The molecule has 6 nitrogen and oxygen atoms in total. The van der Waals surface area contributed by atoms with Crippen molar-refractivity contribution >= 4 is 5.91 Å². The minimum absolute atomic E-state index is 0. The fraction of sp³-hybridized carbons (Fsp3) is 0.192. The summed E-state index contributed by atoms with van der Waals surface area (Å²) in [6, 6.07) is 19.3. The molecule has 0 spiro atoms. The van der Waals surface area contributed by atoms with Crippen molar-refractivity contribution in [3.63, 3.8) is 0 Å². The number of amides is 1. The van der Waals surface area contributed by atoms with Gasteiger partial charge >= 0.3 is 0 Å². The third-order valence-electron chi connectivity index (χ3n) is 5.14. The van der Waals surface area contributed by atoms with Crippen LogP contribution in [0.5, 0.6) is 5.75 Å². The van der Waals surface area contributed by atoms with E-state index in [-0.39, 0.29) is 22.9 Å². The number of pyridine rings is 1. The Bertz CT molecular complexity index is 1170. The molecule has 4 aromatic rings. The van der Waals surface area contributed by atoms with Crippen molar-refractivity contribution in [2.24, 2.45) is 0 Å². The van der Waals surface area contributed by atoms with Gasteiger partial charge in [0.05, 0.1) is 13.3 Å². The fourth-order valence-corrected chi connectivity index (χ4v) is 3.31. The Morgan fingerprint density at radius 3 is 2.33 bits per heavy atom. The Morgan fingerprint density at radius 1 is 1.00 bits per heavy atom. The second-order valence-electron chi connectivity index (χ2n) is 7.47. The summed E-state index contributed by atoms with van der Waals surface area (Å²) < 4.78 is 13.2. The molecular weight excluding hydrogens is 482 g/mol. The number of oxazole rings is 1. The molecule has 0 aliphatic rings. The third kappa shape index (κ3) is 6.08. The molecule has 0 unspecified atom stereocenters. The average Bonchev–Trinajstić information content (AvgIpc) is 3.34. The smallest absolute Gasteiger partial charge is 0.251 e. The Balaban J connectivity index is 0.00000306. The van der Waals surface area contributed by atoms with Crippen LogP contribution < -0.4 is 31.6 Å². The van der Waals surface area contributed by atoms with Crippen molar-refractivity contribution in [2.75, 3.05) is 13.7 Å². The molecule has 33 heavy (non-hydrogen) atoms. The maximum absolute atomic E-state index is 12.0. The first-order chi connectivity index (χ1) is 15.7. The molecule has 0 radical (unpaired) electrons. The summed E-state index contributed by atoms with van der Waals surface area (Å²) in [5, 5.41) is 2.89. The second-order valence-corrected chi connectivity index (χ2v) is 7.47. The van der Waals surface area contributed by atoms with Crippen molar-refractivity contribution in [1.29, 1.82) is 0 Å². The lowest BCUT2D eigenvalue weighted by Gasteiger charge is -2.04. The molecule has 4 rings (SSSR count). The lowest BCUT2D eigenvalue weighted by molar-refractivity contribution is -0.688. The largest absolute Gasteiger partial charge is 1.00 e. The summed E-state index contributed by atoms with van der Waals surface area (Å²) in [4.78, 5) is 16.5. The summed E-state index contributed by atoms with van der Waals surface area (Å²) in [5.41, 5.74) is 3.65. The maximum atomic E-state index is 12.0. The Morgan fingerprint density at radius 2 is 1.70 bits per heavy atom. The van der Waals surface area contributed by atoms with E-state index in [4.69, 9.17) is 9.15 Å². The molecular formula is C26H26BrN3O3. The van der Waals surface area contributed by atoms with Gasteiger partial charge in [-0.25, -0.2) is 9.55 Å². The highest BCUT2D eigenvalue weighted by molar-refractivity contribution is 5.94. The minimum atomic E-state index is -0.0321. The van der Waals surface area contributed by atoms with Crippen LogP contribution in [0, 0.1) is 0 Å². The van der Waals surface area contributed by atoms with E-state index in [1.54, 1.807) is 13.3 Å². The Hall–Kier alpha value is -3.45. The zero-order chi connectivity index (χ0) is 22.3. The summed E-state index contributed by atoms with van der Waals surface area (Å²) in [5.74, 6) is 2.05. The standard InChI is InChI=1S/C26H25N3O3.BrH/c1-3-14-27-25(30)21-6-4-19(5-7-21)18-29-15-12-22(13-16-29)26-28-17-24(32-26)20-8-10-23(31-2)11-9-20;/h4-13,15-17H,3,14,18H2,1-2H3;1H. The van der Waals surface area contributed by atoms with E-state index in [2.05, 4.69) is 14.9 Å². The number of aromatic nitrogens is 2. The van der Waals surface area contributed by atoms with Gasteiger partial charge in [-0.3, -0.25) is 4.79 Å². The van der Waals surface area contributed by atoms with Crippen LogP contribution in [0.25, 0.3) is 22.8 Å². The summed E-state index contributed by atoms with van der Waals surface area (Å²) in [7, 11) is 1.64. The number of benzene rings is 2. The number of carbonyl (C=O) groups excluding carboxylic acids is 1. The Labute approximate surface area is 204 Å². The number of nitrogens with one attached hydrogen (secondary N) is 1. The number of rotatable bonds is 8. The summed E-state index contributed by atoms with van der Waals surface area (Å²) >= 11 is 0. The monoisotopic (exact) mass is 507 g/mol. The van der Waals surface area contributed by atoms with Gasteiger partial charge in [0.25, 0.3) is 5.91 Å². The van der Waals surface area contributed by atoms with E-state index in [0.717, 1.165) is 28.9 Å². The van der Waals surface area contributed by atoms with Crippen LogP contribution in [0.4, 0.5) is 0 Å². The predicted molar refractivity (Wildman–Crippen MR) is 122 cm³/mol. The molecule has 0 fully saturated rings. The lowest BCUT2D eigenvalue weighted by atomic mass is 10.1. The highest BCUT2D eigenvalue weighted by atomic mass is 79.9. The van der Waals surface area contributed by atoms with E-state index in [9.17, 15) is 4.79 Å². The number of carbonyl (C=O) groups is 1. The van der Waals surface area contributed by atoms with E-state index in [1.807, 2.05) is 80.0 Å². The van der Waals surface area contributed by atoms with Gasteiger partial charge in [-0.1, -0.05) is 19.1 Å². The van der Waals surface area contributed by atoms with Gasteiger partial charge in [-0.15, -0.1) is 0 Å². The third-order valence-corrected chi connectivity index (χ3v) is 5.14. The van der Waals surface area contributed by atoms with Crippen molar-refractivity contribution < 1.29 is 35.5 Å². The zero-order valence-corrected chi connectivity index (χ0v) is 20.2. The molecule has 0 aliphatic heterocycles. The zero-order valence-electron chi connectivity index (χ0n) is 18.6. The van der Waals surface area contributed by atoms with Crippen molar-refractivity contribution in [1.82, 2.24) is 10.3 Å². The number of nitrogens with zero attached hydrogens (tertiary/aromatic N) is 2. The SMILES string of the molecule is CCCNC(=O)c1ccc(C[n+]2ccc(-c3ncc(-c4ccc(OC)cc4)o3)cc2)cc1.[Br-]. The van der Waals surface area contributed by atoms with Crippen LogP contribution in [-0.2, 0) is 6.54 Å². The van der Waals surface area contributed by atoms with Crippen LogP contribution in [0.3, 0.4) is 0 Å². The number of halogens is 1. The molecule has 0 bridgehead atoms. The summed E-state index contributed by atoms with van der Waals surface area (Å²) in [6.45, 7) is 3.43. The molecule has 7 heteroatoms. The van der Waals surface area contributed by atoms with Crippen LogP contribution >= 0.6 is 0 Å². The van der Waals surface area contributed by atoms with Gasteiger partial charge in [0.15, 0.2) is 24.7 Å². The maximum Gasteiger partial charge on any atom is 0.251 e. The predicted octanol–water partition coefficient (Wildman–Crippen LogP) is 1.50. The first-order valence-corrected chi connectivity index (χ1v) is 10.6. The van der Waals surface area contributed by atoms with E-state index >= 15 is 0 Å². The van der Waals surface area contributed by atoms with Gasteiger partial charge in [-0.05, 0) is 42.8 Å². The van der Waals surface area contributed by atoms with E-state index in [0.29, 0.717) is 30.3 Å². The number of hydrogen-bond donors (Lipinski definition) is 1. The van der Waals surface area contributed by atoms with Gasteiger partial charge in [0, 0.05) is 40.9 Å². The molecule has 2 aromatic heterocycles. The van der Waals surface area contributed by atoms with Gasteiger partial charge < -0.3 is 31.5 Å². The van der Waals surface area contributed by atoms with Gasteiger partial charge in [-0.2, -0.15) is 0 Å². The average molecular weight is 508 g/mol. The van der Waals surface area contributed by atoms with Crippen LogP contribution in [-0.4, -0.2) is 24.5 Å². The molecule has 0 aliphatic carbocycles. The number of ether oxygens (including phenoxy) is 1. The van der Waals surface area contributed by atoms with E-state index < -0.39 is 0 Å². The van der Waals surface area contributed by atoms with Crippen LogP contribution in [0.1, 0.15) is 29.3 Å². The molecule has 2 heterocycles. The normalized spacial score (nSPS) is 10.4. The lowest BCUT2D eigenvalue weighted by Crippen LogP contribution is -3.00. The highest BCUT2D eigenvalue weighted by Gasteiger charge is 2.11. The summed E-state index contributed by atoms with van der Waals surface area (Å²) in [6.07, 6.45) is 6.64. The minimum Gasteiger partial charge on any atom is -1.00 e. The molecule has 170 valence electrons. The highest BCUT2D eigenvalue weighted by Crippen LogP contribution is 2.26. The van der Waals surface area contributed by atoms with Crippen molar-refractivity contribution in [2.45, 2.75) is 19.9 Å². The van der Waals surface area contributed by atoms with Crippen LogP contribution in [0.2, 0.25) is 0 Å². The molecule has 0 saturated heterocycles. The number of methoxy groups -OCH3 is 1. The molecule has 0 saturated carbocycles. The first kappa shape index (κ1) is 24.2. The number of hydrogen-bond acceptors (Lipinski definition) is 4. The fourth-order valence-electron chi connectivity index (χ4n) is 3.31. The molecule has 1 N–H and O–H groups in total. The van der Waals surface area contributed by atoms with Crippen LogP contribution in [0.15, 0.2) is 83.7 Å². The Kier molecular flexibility index (Phi) is 8.38. The second kappa shape index (κ2) is 11.4. The van der Waals surface area contributed by atoms with Gasteiger partial charge in [0.2, 0.25) is 5.89 Å². The van der Waals surface area contributed by atoms with Crippen molar-refractivity contribution in [3.05, 3.63) is 90.4 Å². The topological polar surface area (TPSA) is 68.2 Å². The van der Waals surface area contributed by atoms with Crippen molar-refractivity contribution in [3.8, 4) is 28.5 Å². The first-order valence-electron chi connectivity index (χ1n) is 10.6. The molecule has 2 aromatic carbocycles. The molecule has 0 atom stereocenters. The quantitative estimate of drug-likeness (QED) is 0.367.